The van der Waals surface area contributed by atoms with Gasteiger partial charge in [-0.1, -0.05) is 52.3 Å². The van der Waals surface area contributed by atoms with E-state index in [9.17, 15) is 4.79 Å². The molecule has 0 aliphatic rings. The van der Waals surface area contributed by atoms with E-state index in [1.54, 1.807) is 12.1 Å². The first kappa shape index (κ1) is 16.9. The van der Waals surface area contributed by atoms with Gasteiger partial charge < -0.3 is 5.32 Å². The highest BCUT2D eigenvalue weighted by Gasteiger charge is 2.09. The highest BCUT2D eigenvalue weighted by molar-refractivity contribution is 9.10. The van der Waals surface area contributed by atoms with E-state index in [1.807, 2.05) is 72.8 Å². The summed E-state index contributed by atoms with van der Waals surface area (Å²) in [6.07, 6.45) is 0. The number of anilines is 1. The van der Waals surface area contributed by atoms with Crippen molar-refractivity contribution < 1.29 is 4.79 Å². The van der Waals surface area contributed by atoms with Crippen molar-refractivity contribution in [3.05, 3.63) is 95.0 Å². The van der Waals surface area contributed by atoms with E-state index in [0.717, 1.165) is 15.8 Å². The molecular formula is C20H16BrN3O. The lowest BCUT2D eigenvalue weighted by Gasteiger charge is -2.12. The largest absolute Gasteiger partial charge is 0.326 e. The third-order valence-corrected chi connectivity index (χ3v) is 3.90. The Morgan fingerprint density at radius 1 is 0.800 bits per heavy atom. The molecule has 0 unspecified atom stereocenters. The van der Waals surface area contributed by atoms with Crippen LogP contribution in [0.15, 0.2) is 94.4 Å². The Morgan fingerprint density at radius 3 is 2.04 bits per heavy atom. The van der Waals surface area contributed by atoms with Crippen molar-refractivity contribution in [1.29, 1.82) is 0 Å². The molecule has 0 heterocycles. The van der Waals surface area contributed by atoms with Gasteiger partial charge in [0.2, 0.25) is 5.96 Å². The van der Waals surface area contributed by atoms with Crippen molar-refractivity contribution in [2.45, 2.75) is 0 Å². The fraction of sp³-hybridized carbons (Fsp3) is 0. The van der Waals surface area contributed by atoms with E-state index in [-0.39, 0.29) is 5.91 Å². The van der Waals surface area contributed by atoms with Gasteiger partial charge in [-0.05, 0) is 48.5 Å². The minimum Gasteiger partial charge on any atom is -0.326 e. The van der Waals surface area contributed by atoms with Crippen LogP contribution in [0.3, 0.4) is 0 Å². The molecule has 3 rings (SSSR count). The molecule has 0 radical (unpaired) electrons. The summed E-state index contributed by atoms with van der Waals surface area (Å²) in [5.41, 5.74) is 2.14. The van der Waals surface area contributed by atoms with Gasteiger partial charge in [0.15, 0.2) is 0 Å². The summed E-state index contributed by atoms with van der Waals surface area (Å²) < 4.78 is 0.921. The highest BCUT2D eigenvalue weighted by atomic mass is 79.9. The summed E-state index contributed by atoms with van der Waals surface area (Å²) in [5.74, 6) is 0.135. The van der Waals surface area contributed by atoms with E-state index in [2.05, 4.69) is 31.6 Å². The number of carbonyl (C=O) groups is 1. The minimum atomic E-state index is -0.231. The summed E-state index contributed by atoms with van der Waals surface area (Å²) in [6.45, 7) is 0. The van der Waals surface area contributed by atoms with Crippen molar-refractivity contribution >= 4 is 39.2 Å². The lowest BCUT2D eigenvalue weighted by atomic mass is 10.2. The molecule has 3 aromatic rings. The average molecular weight is 394 g/mol. The quantitative estimate of drug-likeness (QED) is 0.486. The van der Waals surface area contributed by atoms with Crippen LogP contribution in [-0.4, -0.2) is 11.9 Å². The van der Waals surface area contributed by atoms with Gasteiger partial charge in [0.25, 0.3) is 5.91 Å². The number of hydrogen-bond donors (Lipinski definition) is 2. The Morgan fingerprint density at radius 2 is 1.40 bits per heavy atom. The molecule has 0 aromatic heterocycles. The Balaban J connectivity index is 1.84. The van der Waals surface area contributed by atoms with Crippen LogP contribution in [0, 0.1) is 0 Å². The molecule has 25 heavy (non-hydrogen) atoms. The van der Waals surface area contributed by atoms with Gasteiger partial charge in [0.05, 0.1) is 5.69 Å². The van der Waals surface area contributed by atoms with Crippen LogP contribution >= 0.6 is 15.9 Å². The molecule has 0 aliphatic heterocycles. The molecule has 4 nitrogen and oxygen atoms in total. The van der Waals surface area contributed by atoms with Crippen LogP contribution in [0.5, 0.6) is 0 Å². The fourth-order valence-electron chi connectivity index (χ4n) is 2.16. The number of hydrogen-bond acceptors (Lipinski definition) is 2. The molecule has 0 fully saturated rings. The topological polar surface area (TPSA) is 53.5 Å². The lowest BCUT2D eigenvalue weighted by Crippen LogP contribution is -2.35. The van der Waals surface area contributed by atoms with E-state index in [0.29, 0.717) is 11.5 Å². The zero-order valence-corrected chi connectivity index (χ0v) is 14.9. The SMILES string of the molecule is O=C(NC(=Nc1ccccc1)Nc1ccccc1)c1ccc(Br)cc1. The fourth-order valence-corrected chi connectivity index (χ4v) is 2.42. The van der Waals surface area contributed by atoms with E-state index >= 15 is 0 Å². The van der Waals surface area contributed by atoms with Gasteiger partial charge in [0.1, 0.15) is 0 Å². The first-order valence-electron chi connectivity index (χ1n) is 7.73. The second kappa shape index (κ2) is 8.26. The first-order valence-corrected chi connectivity index (χ1v) is 8.53. The van der Waals surface area contributed by atoms with Gasteiger partial charge in [-0.15, -0.1) is 0 Å². The van der Waals surface area contributed by atoms with Gasteiger partial charge in [0, 0.05) is 15.7 Å². The van der Waals surface area contributed by atoms with Crippen LogP contribution in [0.1, 0.15) is 10.4 Å². The summed E-state index contributed by atoms with van der Waals surface area (Å²) in [7, 11) is 0. The Kier molecular flexibility index (Phi) is 5.59. The maximum atomic E-state index is 12.5. The Labute approximate surface area is 154 Å². The number of amides is 1. The van der Waals surface area contributed by atoms with Crippen molar-refractivity contribution in [2.24, 2.45) is 4.99 Å². The number of rotatable bonds is 3. The highest BCUT2D eigenvalue weighted by Crippen LogP contribution is 2.13. The van der Waals surface area contributed by atoms with E-state index in [4.69, 9.17) is 0 Å². The van der Waals surface area contributed by atoms with Gasteiger partial charge in [-0.2, -0.15) is 0 Å². The predicted molar refractivity (Wildman–Crippen MR) is 105 cm³/mol. The molecular weight excluding hydrogens is 378 g/mol. The monoisotopic (exact) mass is 393 g/mol. The predicted octanol–water partition coefficient (Wildman–Crippen LogP) is 4.98. The van der Waals surface area contributed by atoms with Crippen molar-refractivity contribution in [1.82, 2.24) is 5.32 Å². The van der Waals surface area contributed by atoms with E-state index in [1.165, 1.54) is 0 Å². The third kappa shape index (κ3) is 5.02. The summed E-state index contributed by atoms with van der Waals surface area (Å²) in [5, 5.41) is 5.98. The molecule has 124 valence electrons. The molecule has 0 atom stereocenters. The maximum Gasteiger partial charge on any atom is 0.257 e. The van der Waals surface area contributed by atoms with Gasteiger partial charge in [-0.3, -0.25) is 10.1 Å². The Bertz CT molecular complexity index is 862. The molecule has 0 spiro atoms. The lowest BCUT2D eigenvalue weighted by molar-refractivity contribution is 0.0977. The summed E-state index contributed by atoms with van der Waals surface area (Å²) in [6, 6.07) is 26.2. The Hall–Kier alpha value is -2.92. The second-order valence-corrected chi connectivity index (χ2v) is 6.16. The van der Waals surface area contributed by atoms with Gasteiger partial charge in [-0.25, -0.2) is 4.99 Å². The molecule has 5 heteroatoms. The number of para-hydroxylation sites is 2. The van der Waals surface area contributed by atoms with Crippen molar-refractivity contribution in [2.75, 3.05) is 5.32 Å². The maximum absolute atomic E-state index is 12.5. The molecule has 0 aliphatic carbocycles. The minimum absolute atomic E-state index is 0.231. The molecule has 0 saturated heterocycles. The van der Waals surface area contributed by atoms with Crippen molar-refractivity contribution in [3.63, 3.8) is 0 Å². The first-order chi connectivity index (χ1) is 12.2. The average Bonchev–Trinajstić information content (AvgIpc) is 2.64. The van der Waals surface area contributed by atoms with E-state index < -0.39 is 0 Å². The standard InChI is InChI=1S/C20H16BrN3O/c21-16-13-11-15(12-14-16)19(25)24-20(22-17-7-3-1-4-8-17)23-18-9-5-2-6-10-18/h1-14H,(H2,22,23,24,25). The number of nitrogens with one attached hydrogen (secondary N) is 2. The smallest absolute Gasteiger partial charge is 0.257 e. The number of nitrogens with zero attached hydrogens (tertiary/aromatic N) is 1. The molecule has 1 amide bonds. The zero-order chi connectivity index (χ0) is 17.5. The summed E-state index contributed by atoms with van der Waals surface area (Å²) in [4.78, 5) is 17.0. The third-order valence-electron chi connectivity index (χ3n) is 3.37. The van der Waals surface area contributed by atoms with Crippen LogP contribution < -0.4 is 10.6 Å². The zero-order valence-electron chi connectivity index (χ0n) is 13.3. The molecule has 3 aromatic carbocycles. The van der Waals surface area contributed by atoms with Crippen LogP contribution in [0.2, 0.25) is 0 Å². The number of aliphatic imine (C=N–C) groups is 1. The normalized spacial score (nSPS) is 11.0. The molecule has 0 saturated carbocycles. The van der Waals surface area contributed by atoms with Crippen LogP contribution in [-0.2, 0) is 0 Å². The number of carbonyl (C=O) groups excluding carboxylic acids is 1. The van der Waals surface area contributed by atoms with Gasteiger partial charge >= 0.3 is 0 Å². The van der Waals surface area contributed by atoms with Crippen molar-refractivity contribution in [3.8, 4) is 0 Å². The number of halogens is 1. The van der Waals surface area contributed by atoms with Crippen LogP contribution in [0.25, 0.3) is 0 Å². The number of benzene rings is 3. The van der Waals surface area contributed by atoms with Crippen LogP contribution in [0.4, 0.5) is 11.4 Å². The summed E-state index contributed by atoms with van der Waals surface area (Å²) >= 11 is 3.37. The number of guanidine groups is 1. The molecule has 2 N–H and O–H groups in total. The second-order valence-electron chi connectivity index (χ2n) is 5.25. The molecule has 0 bridgehead atoms.